The minimum Gasteiger partial charge on any atom is -0.444 e. The van der Waals surface area contributed by atoms with Gasteiger partial charge in [-0.05, 0) is 65.1 Å². The smallest absolute Gasteiger partial charge is 0.407 e. The van der Waals surface area contributed by atoms with Crippen LogP contribution in [-0.4, -0.2) is 59.8 Å². The van der Waals surface area contributed by atoms with E-state index in [-0.39, 0.29) is 12.0 Å². The molecule has 1 aromatic heterocycles. The minimum absolute atomic E-state index is 0.00810. The molecule has 0 unspecified atom stereocenters. The van der Waals surface area contributed by atoms with Gasteiger partial charge in [-0.1, -0.05) is 18.2 Å². The quantitative estimate of drug-likeness (QED) is 0.631. The van der Waals surface area contributed by atoms with E-state index in [9.17, 15) is 9.59 Å². The molecule has 1 saturated heterocycles. The van der Waals surface area contributed by atoms with Gasteiger partial charge >= 0.3 is 6.09 Å². The minimum atomic E-state index is -0.463. The SMILES string of the molecule is Cn1cc(C(=O)NCCCCN2CC[C@@H](CNC(=O)OC(C)(C)C)C2)c2ccccc21. The molecule has 0 bridgehead atoms. The molecule has 0 aliphatic carbocycles. The van der Waals surface area contributed by atoms with Crippen LogP contribution in [0.5, 0.6) is 0 Å². The Bertz CT molecular complexity index is 900. The predicted molar refractivity (Wildman–Crippen MR) is 123 cm³/mol. The van der Waals surface area contributed by atoms with Crippen molar-refractivity contribution in [2.75, 3.05) is 32.7 Å². The molecule has 0 spiro atoms. The average Bonchev–Trinajstić information content (AvgIpc) is 3.29. The van der Waals surface area contributed by atoms with Crippen LogP contribution in [0.3, 0.4) is 0 Å². The number of rotatable bonds is 8. The second kappa shape index (κ2) is 10.2. The number of nitrogens with zero attached hydrogens (tertiary/aromatic N) is 2. The van der Waals surface area contributed by atoms with Gasteiger partial charge < -0.3 is 24.8 Å². The van der Waals surface area contributed by atoms with Gasteiger partial charge in [-0.15, -0.1) is 0 Å². The second-order valence-corrected chi connectivity index (χ2v) is 9.47. The van der Waals surface area contributed by atoms with Crippen LogP contribution in [0, 0.1) is 5.92 Å². The molecule has 0 radical (unpaired) electrons. The van der Waals surface area contributed by atoms with E-state index in [0.29, 0.717) is 19.0 Å². The average molecular weight is 429 g/mol. The maximum Gasteiger partial charge on any atom is 0.407 e. The van der Waals surface area contributed by atoms with Crippen molar-refractivity contribution in [2.24, 2.45) is 13.0 Å². The van der Waals surface area contributed by atoms with Gasteiger partial charge in [0.25, 0.3) is 5.91 Å². The number of fused-ring (bicyclic) bond motifs is 1. The molecule has 3 rings (SSSR count). The fourth-order valence-corrected chi connectivity index (χ4v) is 4.10. The first-order chi connectivity index (χ1) is 14.7. The third-order valence-corrected chi connectivity index (χ3v) is 5.63. The Hall–Kier alpha value is -2.54. The predicted octanol–water partition coefficient (Wildman–Crippen LogP) is 3.53. The number of nitrogens with one attached hydrogen (secondary N) is 2. The molecule has 1 atom stereocenters. The van der Waals surface area contributed by atoms with Gasteiger partial charge in [0.05, 0.1) is 5.56 Å². The summed E-state index contributed by atoms with van der Waals surface area (Å²) in [6.07, 6.45) is 4.65. The molecule has 31 heavy (non-hydrogen) atoms. The van der Waals surface area contributed by atoms with Crippen molar-refractivity contribution in [1.82, 2.24) is 20.1 Å². The summed E-state index contributed by atoms with van der Waals surface area (Å²) < 4.78 is 7.28. The zero-order chi connectivity index (χ0) is 22.4. The number of benzene rings is 1. The van der Waals surface area contributed by atoms with Crippen LogP contribution in [0.4, 0.5) is 4.79 Å². The van der Waals surface area contributed by atoms with E-state index in [0.717, 1.165) is 55.4 Å². The number of aryl methyl sites for hydroxylation is 1. The lowest BCUT2D eigenvalue weighted by atomic mass is 10.1. The monoisotopic (exact) mass is 428 g/mol. The molecule has 1 aliphatic rings. The highest BCUT2D eigenvalue weighted by Gasteiger charge is 2.23. The van der Waals surface area contributed by atoms with Crippen LogP contribution in [0.1, 0.15) is 50.4 Å². The Labute approximate surface area is 185 Å². The fraction of sp³-hybridized carbons (Fsp3) is 0.583. The number of carbonyl (C=O) groups excluding carboxylic acids is 2. The number of amides is 2. The van der Waals surface area contributed by atoms with Crippen molar-refractivity contribution in [3.05, 3.63) is 36.0 Å². The molecule has 2 heterocycles. The molecule has 1 aliphatic heterocycles. The maximum absolute atomic E-state index is 12.6. The van der Waals surface area contributed by atoms with Crippen LogP contribution in [0.2, 0.25) is 0 Å². The van der Waals surface area contributed by atoms with Crippen molar-refractivity contribution in [1.29, 1.82) is 0 Å². The van der Waals surface area contributed by atoms with Crippen LogP contribution in [-0.2, 0) is 11.8 Å². The van der Waals surface area contributed by atoms with Crippen LogP contribution in [0.15, 0.2) is 30.5 Å². The first-order valence-electron chi connectivity index (χ1n) is 11.2. The molecule has 7 heteroatoms. The Morgan fingerprint density at radius 1 is 1.16 bits per heavy atom. The number of likely N-dealkylation sites (tertiary alicyclic amines) is 1. The number of aromatic nitrogens is 1. The van der Waals surface area contributed by atoms with Crippen molar-refractivity contribution in [3.63, 3.8) is 0 Å². The first kappa shape index (κ1) is 23.1. The lowest BCUT2D eigenvalue weighted by Gasteiger charge is -2.21. The molecule has 2 amide bonds. The van der Waals surface area contributed by atoms with Crippen molar-refractivity contribution >= 4 is 22.9 Å². The highest BCUT2D eigenvalue weighted by Crippen LogP contribution is 2.20. The Morgan fingerprint density at radius 2 is 1.94 bits per heavy atom. The summed E-state index contributed by atoms with van der Waals surface area (Å²) in [4.78, 5) is 26.8. The number of para-hydroxylation sites is 1. The molecular weight excluding hydrogens is 392 g/mol. The highest BCUT2D eigenvalue weighted by atomic mass is 16.6. The van der Waals surface area contributed by atoms with E-state index >= 15 is 0 Å². The Balaban J connectivity index is 1.31. The summed E-state index contributed by atoms with van der Waals surface area (Å²) >= 11 is 0. The van der Waals surface area contributed by atoms with E-state index < -0.39 is 5.60 Å². The summed E-state index contributed by atoms with van der Waals surface area (Å²) in [6, 6.07) is 7.97. The summed E-state index contributed by atoms with van der Waals surface area (Å²) in [5, 5.41) is 6.93. The van der Waals surface area contributed by atoms with Gasteiger partial charge in [-0.25, -0.2) is 4.79 Å². The number of hydrogen-bond acceptors (Lipinski definition) is 4. The standard InChI is InChI=1S/C24H36N4O3/c1-24(2,3)31-23(30)26-15-18-11-14-28(16-18)13-8-7-12-25-22(29)20-17-27(4)21-10-6-5-9-19(20)21/h5-6,9-10,17-18H,7-8,11-16H2,1-4H3,(H,25,29)(H,26,30)/t18-/m0/s1. The molecule has 2 N–H and O–H groups in total. The Morgan fingerprint density at radius 3 is 2.71 bits per heavy atom. The topological polar surface area (TPSA) is 75.6 Å². The number of hydrogen-bond donors (Lipinski definition) is 2. The lowest BCUT2D eigenvalue weighted by molar-refractivity contribution is 0.0519. The van der Waals surface area contributed by atoms with Crippen LogP contribution >= 0.6 is 0 Å². The first-order valence-corrected chi connectivity index (χ1v) is 11.2. The number of alkyl carbamates (subject to hydrolysis) is 1. The molecule has 0 saturated carbocycles. The second-order valence-electron chi connectivity index (χ2n) is 9.47. The summed E-state index contributed by atoms with van der Waals surface area (Å²) in [5.41, 5.74) is 1.34. The van der Waals surface area contributed by atoms with Gasteiger partial charge in [-0.3, -0.25) is 4.79 Å². The van der Waals surface area contributed by atoms with Gasteiger partial charge in [0.15, 0.2) is 0 Å². The summed E-state index contributed by atoms with van der Waals surface area (Å²) in [6.45, 7) is 10.0. The van der Waals surface area contributed by atoms with Crippen LogP contribution < -0.4 is 10.6 Å². The van der Waals surface area contributed by atoms with E-state index in [1.54, 1.807) is 0 Å². The van der Waals surface area contributed by atoms with Gasteiger partial charge in [0.1, 0.15) is 5.60 Å². The van der Waals surface area contributed by atoms with Crippen molar-refractivity contribution in [2.45, 2.75) is 45.6 Å². The molecule has 7 nitrogen and oxygen atoms in total. The van der Waals surface area contributed by atoms with Crippen LogP contribution in [0.25, 0.3) is 10.9 Å². The zero-order valence-corrected chi connectivity index (χ0v) is 19.2. The largest absolute Gasteiger partial charge is 0.444 e. The normalized spacial score (nSPS) is 17.1. The number of unbranched alkanes of at least 4 members (excludes halogenated alkanes) is 1. The number of carbonyl (C=O) groups is 2. The van der Waals surface area contributed by atoms with Gasteiger partial charge in [0, 0.05) is 43.8 Å². The molecule has 2 aromatic rings. The van der Waals surface area contributed by atoms with E-state index in [2.05, 4.69) is 15.5 Å². The van der Waals surface area contributed by atoms with E-state index in [1.165, 1.54) is 0 Å². The van der Waals surface area contributed by atoms with E-state index in [4.69, 9.17) is 4.74 Å². The number of ether oxygens (including phenoxy) is 1. The molecule has 170 valence electrons. The third kappa shape index (κ3) is 6.72. The molecule has 1 fully saturated rings. The fourth-order valence-electron chi connectivity index (χ4n) is 4.10. The van der Waals surface area contributed by atoms with Gasteiger partial charge in [0.2, 0.25) is 0 Å². The van der Waals surface area contributed by atoms with Crippen molar-refractivity contribution < 1.29 is 14.3 Å². The maximum atomic E-state index is 12.6. The van der Waals surface area contributed by atoms with E-state index in [1.807, 2.05) is 62.8 Å². The third-order valence-electron chi connectivity index (χ3n) is 5.63. The lowest BCUT2D eigenvalue weighted by Crippen LogP contribution is -2.36. The summed E-state index contributed by atoms with van der Waals surface area (Å²) in [5.74, 6) is 0.463. The molecule has 1 aromatic carbocycles. The zero-order valence-electron chi connectivity index (χ0n) is 19.2. The summed E-state index contributed by atoms with van der Waals surface area (Å²) in [7, 11) is 1.96. The highest BCUT2D eigenvalue weighted by molar-refractivity contribution is 6.06. The molecular formula is C24H36N4O3. The van der Waals surface area contributed by atoms with Crippen molar-refractivity contribution in [3.8, 4) is 0 Å². The Kier molecular flexibility index (Phi) is 7.59. The van der Waals surface area contributed by atoms with Gasteiger partial charge in [-0.2, -0.15) is 0 Å².